The number of hydrogen-bond acceptors (Lipinski definition) is 6. The number of rotatable bonds is 4. The topological polar surface area (TPSA) is 132 Å². The van der Waals surface area contributed by atoms with Crippen molar-refractivity contribution in [3.63, 3.8) is 0 Å². The molecule has 25 heavy (non-hydrogen) atoms. The van der Waals surface area contributed by atoms with Crippen LogP contribution in [0.15, 0.2) is 47.3 Å². The van der Waals surface area contributed by atoms with Crippen molar-refractivity contribution in [2.75, 3.05) is 0 Å². The normalized spacial score (nSPS) is 11.0. The summed E-state index contributed by atoms with van der Waals surface area (Å²) < 4.78 is 0. The quantitative estimate of drug-likeness (QED) is 0.574. The van der Waals surface area contributed by atoms with E-state index in [-0.39, 0.29) is 22.6 Å². The van der Waals surface area contributed by atoms with Gasteiger partial charge >= 0.3 is 0 Å². The van der Waals surface area contributed by atoms with Gasteiger partial charge in [0.25, 0.3) is 16.9 Å². The van der Waals surface area contributed by atoms with Gasteiger partial charge in [0.05, 0.1) is 20.7 Å². The minimum absolute atomic E-state index is 0.0176. The molecule has 0 aliphatic carbocycles. The lowest BCUT2D eigenvalue weighted by Crippen LogP contribution is -2.10. The van der Waals surface area contributed by atoms with Gasteiger partial charge in [0, 0.05) is 24.3 Å². The second-order valence-electron chi connectivity index (χ2n) is 5.09. The third-order valence-electron chi connectivity index (χ3n) is 3.46. The maximum Gasteiger partial charge on any atom is 0.270 e. The lowest BCUT2D eigenvalue weighted by atomic mass is 10.2. The smallest absolute Gasteiger partial charge is 0.270 e. The summed E-state index contributed by atoms with van der Waals surface area (Å²) in [6.07, 6.45) is 3.18. The van der Waals surface area contributed by atoms with E-state index in [4.69, 9.17) is 0 Å². The Morgan fingerprint density at radius 2 is 1.56 bits per heavy atom. The Kier molecular flexibility index (Phi) is 4.04. The molecule has 3 aromatic rings. The summed E-state index contributed by atoms with van der Waals surface area (Å²) in [6, 6.07) is 9.73. The van der Waals surface area contributed by atoms with Gasteiger partial charge in [0.1, 0.15) is 5.82 Å². The second kappa shape index (κ2) is 6.32. The first-order valence-corrected chi connectivity index (χ1v) is 7.05. The van der Waals surface area contributed by atoms with Crippen LogP contribution in [0.4, 0.5) is 11.4 Å². The van der Waals surface area contributed by atoms with Crippen molar-refractivity contribution in [3.8, 4) is 0 Å². The number of nitro benzene ring substituents is 2. The molecular formula is C16H10N4O5. The Bertz CT molecular complexity index is 1070. The molecule has 9 nitrogen and oxygen atoms in total. The summed E-state index contributed by atoms with van der Waals surface area (Å²) in [4.78, 5) is 39.1. The van der Waals surface area contributed by atoms with Crippen molar-refractivity contribution in [2.24, 2.45) is 0 Å². The Morgan fingerprint density at radius 3 is 2.20 bits per heavy atom. The van der Waals surface area contributed by atoms with Gasteiger partial charge in [-0.05, 0) is 29.8 Å². The summed E-state index contributed by atoms with van der Waals surface area (Å²) >= 11 is 0. The average molecular weight is 338 g/mol. The van der Waals surface area contributed by atoms with Gasteiger partial charge < -0.3 is 4.98 Å². The summed E-state index contributed by atoms with van der Waals surface area (Å²) in [5.74, 6) is 0.268. The van der Waals surface area contributed by atoms with Crippen LogP contribution >= 0.6 is 0 Å². The molecule has 0 saturated carbocycles. The molecule has 0 atom stereocenters. The zero-order valence-corrected chi connectivity index (χ0v) is 12.6. The summed E-state index contributed by atoms with van der Waals surface area (Å²) in [5, 5.41) is 21.5. The number of benzene rings is 2. The van der Waals surface area contributed by atoms with Crippen LogP contribution in [-0.4, -0.2) is 19.8 Å². The predicted molar refractivity (Wildman–Crippen MR) is 91.0 cm³/mol. The van der Waals surface area contributed by atoms with E-state index >= 15 is 0 Å². The second-order valence-corrected chi connectivity index (χ2v) is 5.09. The molecule has 0 fully saturated rings. The lowest BCUT2D eigenvalue weighted by molar-refractivity contribution is -0.385. The van der Waals surface area contributed by atoms with Crippen molar-refractivity contribution in [3.05, 3.63) is 84.4 Å². The molecule has 0 radical (unpaired) electrons. The molecule has 0 spiro atoms. The van der Waals surface area contributed by atoms with Gasteiger partial charge in [-0.1, -0.05) is 6.08 Å². The fourth-order valence-corrected chi connectivity index (χ4v) is 2.22. The number of H-pyrrole nitrogens is 1. The highest BCUT2D eigenvalue weighted by Gasteiger charge is 2.10. The number of aromatic nitrogens is 2. The van der Waals surface area contributed by atoms with Crippen LogP contribution < -0.4 is 5.56 Å². The molecule has 1 heterocycles. The SMILES string of the molecule is O=c1[nH]c(C=Cc2ccc([N+](=O)[O-])cc2)nc2ccc([N+](=O)[O-])cc12. The first kappa shape index (κ1) is 16.0. The van der Waals surface area contributed by atoms with Gasteiger partial charge in [-0.3, -0.25) is 25.0 Å². The number of nitrogens with zero attached hydrogens (tertiary/aromatic N) is 3. The number of nitro groups is 2. The summed E-state index contributed by atoms with van der Waals surface area (Å²) in [5.41, 5.74) is 0.330. The van der Waals surface area contributed by atoms with Crippen molar-refractivity contribution in [1.82, 2.24) is 9.97 Å². The molecule has 124 valence electrons. The van der Waals surface area contributed by atoms with E-state index in [2.05, 4.69) is 9.97 Å². The highest BCUT2D eigenvalue weighted by Crippen LogP contribution is 2.17. The van der Waals surface area contributed by atoms with Crippen LogP contribution in [0.25, 0.3) is 23.1 Å². The van der Waals surface area contributed by atoms with Crippen molar-refractivity contribution in [2.45, 2.75) is 0 Å². The van der Waals surface area contributed by atoms with Crippen LogP contribution in [0, 0.1) is 20.2 Å². The largest absolute Gasteiger partial charge is 0.306 e. The molecule has 9 heteroatoms. The first-order chi connectivity index (χ1) is 11.9. The van der Waals surface area contributed by atoms with E-state index in [1.54, 1.807) is 24.3 Å². The Balaban J connectivity index is 1.93. The highest BCUT2D eigenvalue weighted by molar-refractivity contribution is 5.81. The molecule has 0 unspecified atom stereocenters. The van der Waals surface area contributed by atoms with Gasteiger partial charge in [-0.2, -0.15) is 0 Å². The van der Waals surface area contributed by atoms with E-state index in [0.29, 0.717) is 11.1 Å². The summed E-state index contributed by atoms with van der Waals surface area (Å²) in [6.45, 7) is 0. The van der Waals surface area contributed by atoms with Crippen LogP contribution in [-0.2, 0) is 0 Å². The summed E-state index contributed by atoms with van der Waals surface area (Å²) in [7, 11) is 0. The number of hydrogen-bond donors (Lipinski definition) is 1. The molecule has 1 N–H and O–H groups in total. The molecule has 2 aromatic carbocycles. The lowest BCUT2D eigenvalue weighted by Gasteiger charge is -1.99. The third-order valence-corrected chi connectivity index (χ3v) is 3.46. The first-order valence-electron chi connectivity index (χ1n) is 7.05. The maximum atomic E-state index is 12.1. The fraction of sp³-hybridized carbons (Fsp3) is 0. The van der Waals surface area contributed by atoms with E-state index in [9.17, 15) is 25.0 Å². The number of non-ortho nitro benzene ring substituents is 2. The molecule has 0 bridgehead atoms. The van der Waals surface area contributed by atoms with Gasteiger partial charge in [-0.25, -0.2) is 4.98 Å². The third kappa shape index (κ3) is 3.39. The zero-order valence-electron chi connectivity index (χ0n) is 12.6. The number of nitrogens with one attached hydrogen (secondary N) is 1. The Labute approximate surface area is 139 Å². The minimum Gasteiger partial charge on any atom is -0.306 e. The molecule has 0 aliphatic heterocycles. The fourth-order valence-electron chi connectivity index (χ4n) is 2.22. The Hall–Kier alpha value is -3.88. The zero-order chi connectivity index (χ0) is 18.0. The van der Waals surface area contributed by atoms with Crippen LogP contribution in [0.2, 0.25) is 0 Å². The molecule has 1 aromatic heterocycles. The van der Waals surface area contributed by atoms with Gasteiger partial charge in [0.2, 0.25) is 0 Å². The molecule has 0 amide bonds. The predicted octanol–water partition coefficient (Wildman–Crippen LogP) is 2.91. The van der Waals surface area contributed by atoms with Crippen molar-refractivity contribution < 1.29 is 9.85 Å². The van der Waals surface area contributed by atoms with Crippen LogP contribution in [0.3, 0.4) is 0 Å². The molecular weight excluding hydrogens is 328 g/mol. The average Bonchev–Trinajstić information content (AvgIpc) is 2.60. The molecule has 0 aliphatic rings. The minimum atomic E-state index is -0.582. The Morgan fingerprint density at radius 1 is 0.920 bits per heavy atom. The van der Waals surface area contributed by atoms with Crippen molar-refractivity contribution >= 4 is 34.4 Å². The van der Waals surface area contributed by atoms with Crippen LogP contribution in [0.1, 0.15) is 11.4 Å². The van der Waals surface area contributed by atoms with E-state index < -0.39 is 15.4 Å². The van der Waals surface area contributed by atoms with E-state index in [1.807, 2.05) is 0 Å². The van der Waals surface area contributed by atoms with E-state index in [1.165, 1.54) is 30.3 Å². The molecule has 3 rings (SSSR count). The maximum absolute atomic E-state index is 12.1. The van der Waals surface area contributed by atoms with Gasteiger partial charge in [-0.15, -0.1) is 0 Å². The highest BCUT2D eigenvalue weighted by atomic mass is 16.6. The monoisotopic (exact) mass is 338 g/mol. The van der Waals surface area contributed by atoms with Crippen molar-refractivity contribution in [1.29, 1.82) is 0 Å². The molecule has 0 saturated heterocycles. The number of aromatic amines is 1. The van der Waals surface area contributed by atoms with Crippen LogP contribution in [0.5, 0.6) is 0 Å². The number of fused-ring (bicyclic) bond motifs is 1. The van der Waals surface area contributed by atoms with Gasteiger partial charge in [0.15, 0.2) is 0 Å². The van der Waals surface area contributed by atoms with E-state index in [0.717, 1.165) is 0 Å². The standard InChI is InChI=1S/C16H10N4O5/c21-16-13-9-12(20(24)25)6-7-14(13)17-15(18-16)8-3-10-1-4-11(5-2-10)19(22)23/h1-9H,(H,17,18,21).